The van der Waals surface area contributed by atoms with Crippen LogP contribution in [0.25, 0.3) is 0 Å². The van der Waals surface area contributed by atoms with E-state index in [2.05, 4.69) is 15.6 Å². The summed E-state index contributed by atoms with van der Waals surface area (Å²) in [4.78, 5) is 16.5. The molecular formula is C20H20FN3O2S. The summed E-state index contributed by atoms with van der Waals surface area (Å²) in [7, 11) is 1.63. The summed E-state index contributed by atoms with van der Waals surface area (Å²) >= 11 is 1.41. The Kier molecular flexibility index (Phi) is 6.38. The Labute approximate surface area is 161 Å². The second kappa shape index (κ2) is 9.14. The second-order valence-corrected chi connectivity index (χ2v) is 6.76. The monoisotopic (exact) mass is 385 g/mol. The molecule has 0 saturated heterocycles. The van der Waals surface area contributed by atoms with Crippen LogP contribution in [0.4, 0.5) is 15.2 Å². The van der Waals surface area contributed by atoms with Gasteiger partial charge in [0.1, 0.15) is 11.6 Å². The summed E-state index contributed by atoms with van der Waals surface area (Å²) in [5.41, 5.74) is 2.55. The van der Waals surface area contributed by atoms with Crippen LogP contribution in [0.2, 0.25) is 0 Å². The van der Waals surface area contributed by atoms with Crippen LogP contribution >= 0.6 is 11.3 Å². The molecule has 7 heteroatoms. The molecule has 0 bridgehead atoms. The first-order valence-electron chi connectivity index (χ1n) is 8.49. The van der Waals surface area contributed by atoms with E-state index in [0.717, 1.165) is 23.4 Å². The fraction of sp³-hybridized carbons (Fsp3) is 0.200. The average Bonchev–Trinajstić information content (AvgIpc) is 3.10. The SMILES string of the molecule is COc1cccc(CCNC(=O)Cc2csc(Nc3ccc(F)cc3)n2)c1. The Bertz CT molecular complexity index is 896. The molecular weight excluding hydrogens is 365 g/mol. The lowest BCUT2D eigenvalue weighted by Gasteiger charge is -2.06. The third-order valence-electron chi connectivity index (χ3n) is 3.86. The summed E-state index contributed by atoms with van der Waals surface area (Å²) in [6.07, 6.45) is 0.955. The van der Waals surface area contributed by atoms with Crippen LogP contribution in [0.3, 0.4) is 0 Å². The largest absolute Gasteiger partial charge is 0.497 e. The van der Waals surface area contributed by atoms with Crippen LogP contribution in [0.15, 0.2) is 53.9 Å². The highest BCUT2D eigenvalue weighted by Crippen LogP contribution is 2.21. The number of benzene rings is 2. The van der Waals surface area contributed by atoms with Crippen molar-refractivity contribution in [3.8, 4) is 5.75 Å². The Balaban J connectivity index is 1.45. The predicted octanol–water partition coefficient (Wildman–Crippen LogP) is 3.94. The van der Waals surface area contributed by atoms with Gasteiger partial charge in [0.05, 0.1) is 19.2 Å². The zero-order valence-corrected chi connectivity index (χ0v) is 15.7. The fourth-order valence-electron chi connectivity index (χ4n) is 2.50. The van der Waals surface area contributed by atoms with E-state index in [-0.39, 0.29) is 18.1 Å². The number of methoxy groups -OCH3 is 1. The third kappa shape index (κ3) is 5.79. The Hall–Kier alpha value is -2.93. The zero-order chi connectivity index (χ0) is 19.1. The summed E-state index contributed by atoms with van der Waals surface area (Å²) in [5, 5.41) is 8.51. The number of carbonyl (C=O) groups excluding carboxylic acids is 1. The number of hydrogen-bond acceptors (Lipinski definition) is 5. The highest BCUT2D eigenvalue weighted by molar-refractivity contribution is 7.13. The van der Waals surface area contributed by atoms with E-state index >= 15 is 0 Å². The Morgan fingerprint density at radius 1 is 1.22 bits per heavy atom. The van der Waals surface area contributed by atoms with Gasteiger partial charge < -0.3 is 15.4 Å². The van der Waals surface area contributed by atoms with Crippen molar-refractivity contribution in [1.82, 2.24) is 10.3 Å². The maximum absolute atomic E-state index is 12.9. The highest BCUT2D eigenvalue weighted by atomic mass is 32.1. The Morgan fingerprint density at radius 2 is 2.04 bits per heavy atom. The molecule has 5 nitrogen and oxygen atoms in total. The number of carbonyl (C=O) groups is 1. The molecule has 27 heavy (non-hydrogen) atoms. The third-order valence-corrected chi connectivity index (χ3v) is 4.67. The van der Waals surface area contributed by atoms with E-state index in [4.69, 9.17) is 4.74 Å². The standard InChI is InChI=1S/C20H20FN3O2S/c1-26-18-4-2-3-14(11-18)9-10-22-19(25)12-17-13-27-20(24-17)23-16-7-5-15(21)6-8-16/h2-8,11,13H,9-10,12H2,1H3,(H,22,25)(H,23,24). The number of thiazole rings is 1. The topological polar surface area (TPSA) is 63.2 Å². The second-order valence-electron chi connectivity index (χ2n) is 5.90. The van der Waals surface area contributed by atoms with E-state index in [1.54, 1.807) is 19.2 Å². The average molecular weight is 385 g/mol. The molecule has 0 atom stereocenters. The lowest BCUT2D eigenvalue weighted by Crippen LogP contribution is -2.27. The molecule has 0 spiro atoms. The summed E-state index contributed by atoms with van der Waals surface area (Å²) in [6.45, 7) is 0.552. The number of halogens is 1. The van der Waals surface area contributed by atoms with Gasteiger partial charge in [-0.05, 0) is 48.4 Å². The predicted molar refractivity (Wildman–Crippen MR) is 105 cm³/mol. The maximum atomic E-state index is 12.9. The van der Waals surface area contributed by atoms with Gasteiger partial charge in [-0.1, -0.05) is 12.1 Å². The molecule has 0 aliphatic rings. The number of nitrogens with one attached hydrogen (secondary N) is 2. The molecule has 2 N–H and O–H groups in total. The molecule has 140 valence electrons. The smallest absolute Gasteiger partial charge is 0.226 e. The summed E-state index contributed by atoms with van der Waals surface area (Å²) in [6, 6.07) is 13.8. The molecule has 1 amide bonds. The number of hydrogen-bond donors (Lipinski definition) is 2. The highest BCUT2D eigenvalue weighted by Gasteiger charge is 2.08. The normalized spacial score (nSPS) is 10.4. The molecule has 0 fully saturated rings. The maximum Gasteiger partial charge on any atom is 0.226 e. The number of anilines is 2. The van der Waals surface area contributed by atoms with Crippen molar-refractivity contribution < 1.29 is 13.9 Å². The summed E-state index contributed by atoms with van der Waals surface area (Å²) < 4.78 is 18.1. The van der Waals surface area contributed by atoms with Crippen LogP contribution < -0.4 is 15.4 Å². The number of ether oxygens (including phenoxy) is 1. The first-order valence-corrected chi connectivity index (χ1v) is 9.37. The van der Waals surface area contributed by atoms with Gasteiger partial charge in [-0.25, -0.2) is 9.37 Å². The molecule has 1 heterocycles. The van der Waals surface area contributed by atoms with Crippen molar-refractivity contribution in [1.29, 1.82) is 0 Å². The number of rotatable bonds is 8. The van der Waals surface area contributed by atoms with Gasteiger partial charge in [-0.15, -0.1) is 11.3 Å². The molecule has 0 radical (unpaired) electrons. The van der Waals surface area contributed by atoms with Gasteiger partial charge in [0.2, 0.25) is 5.91 Å². The van der Waals surface area contributed by atoms with E-state index in [1.165, 1.54) is 23.5 Å². The van der Waals surface area contributed by atoms with Crippen molar-refractivity contribution in [2.45, 2.75) is 12.8 Å². The van der Waals surface area contributed by atoms with Crippen molar-refractivity contribution in [2.24, 2.45) is 0 Å². The minimum absolute atomic E-state index is 0.0727. The van der Waals surface area contributed by atoms with E-state index < -0.39 is 0 Å². The molecule has 1 aromatic heterocycles. The molecule has 0 saturated carbocycles. The first kappa shape index (κ1) is 18.8. The lowest BCUT2D eigenvalue weighted by atomic mass is 10.1. The summed E-state index contributed by atoms with van der Waals surface area (Å²) in [5.74, 6) is 0.449. The quantitative estimate of drug-likeness (QED) is 0.617. The van der Waals surface area contributed by atoms with Gasteiger partial charge in [0.15, 0.2) is 5.13 Å². The van der Waals surface area contributed by atoms with Crippen LogP contribution in [-0.2, 0) is 17.6 Å². The van der Waals surface area contributed by atoms with Gasteiger partial charge in [0, 0.05) is 17.6 Å². The van der Waals surface area contributed by atoms with Crippen molar-refractivity contribution in [3.05, 3.63) is 71.0 Å². The van der Waals surface area contributed by atoms with Crippen molar-refractivity contribution in [2.75, 3.05) is 19.0 Å². The lowest BCUT2D eigenvalue weighted by molar-refractivity contribution is -0.120. The number of nitrogens with zero attached hydrogens (tertiary/aromatic N) is 1. The van der Waals surface area contributed by atoms with Gasteiger partial charge in [-0.3, -0.25) is 4.79 Å². The van der Waals surface area contributed by atoms with E-state index in [1.807, 2.05) is 29.6 Å². The molecule has 0 aliphatic heterocycles. The van der Waals surface area contributed by atoms with Gasteiger partial charge >= 0.3 is 0 Å². The number of aromatic nitrogens is 1. The van der Waals surface area contributed by atoms with Crippen molar-refractivity contribution >= 4 is 28.1 Å². The van der Waals surface area contributed by atoms with E-state index in [0.29, 0.717) is 17.4 Å². The first-order chi connectivity index (χ1) is 13.1. The van der Waals surface area contributed by atoms with Crippen LogP contribution in [0, 0.1) is 5.82 Å². The van der Waals surface area contributed by atoms with Gasteiger partial charge in [-0.2, -0.15) is 0 Å². The molecule has 0 unspecified atom stereocenters. The minimum Gasteiger partial charge on any atom is -0.497 e. The van der Waals surface area contributed by atoms with Crippen molar-refractivity contribution in [3.63, 3.8) is 0 Å². The zero-order valence-electron chi connectivity index (χ0n) is 14.9. The number of amides is 1. The van der Waals surface area contributed by atoms with Crippen LogP contribution in [0.1, 0.15) is 11.3 Å². The van der Waals surface area contributed by atoms with Crippen LogP contribution in [-0.4, -0.2) is 24.5 Å². The van der Waals surface area contributed by atoms with E-state index in [9.17, 15) is 9.18 Å². The molecule has 0 aliphatic carbocycles. The molecule has 3 rings (SSSR count). The minimum atomic E-state index is -0.286. The molecule has 2 aromatic carbocycles. The molecule has 3 aromatic rings. The van der Waals surface area contributed by atoms with Crippen LogP contribution in [0.5, 0.6) is 5.75 Å². The fourth-order valence-corrected chi connectivity index (χ4v) is 3.23. The Morgan fingerprint density at radius 3 is 2.81 bits per heavy atom. The van der Waals surface area contributed by atoms with Gasteiger partial charge in [0.25, 0.3) is 0 Å².